The standard InChI is InChI=1S/C56H79F2N11O7S/c1-37-49(77-36-61-37)39-15-13-38(14-16-39)34-60-52(73)44-31-41(70)35-69(44)53(74)50(55(2,3)4)64-48(72)12-8-11-47(71)59-21-9-24-67-26-17-40(18-27-67)62-51-42-32-45(75-5)46(76-30-10-25-66-22-6-7-23-66)33-43(42)63-54(65-51)68-28-19-56(57,58)20-29-68/h13-16,32-33,36,40-41,44,50,70H,6-12,17-31,34-35H2,1-5H3,(H,59,71)(H,60,73)(H,64,72)(H,62,63,65)/t41-,44+,50-/m1/s1. The summed E-state index contributed by atoms with van der Waals surface area (Å²) in [6.07, 6.45) is 5.00. The second kappa shape index (κ2) is 26.3. The van der Waals surface area contributed by atoms with E-state index in [9.17, 15) is 33.1 Å². The zero-order chi connectivity index (χ0) is 54.7. The number of aliphatic hydroxyl groups excluding tert-OH is 1. The van der Waals surface area contributed by atoms with Crippen LogP contribution in [0.3, 0.4) is 0 Å². The Bertz CT molecular complexity index is 2630. The van der Waals surface area contributed by atoms with Crippen molar-refractivity contribution in [2.75, 3.05) is 89.4 Å². The number of anilines is 2. The molecule has 0 unspecified atom stereocenters. The lowest BCUT2D eigenvalue weighted by Gasteiger charge is -2.35. The molecule has 5 N–H and O–H groups in total. The molecular formula is C56H79F2N11O7S. The van der Waals surface area contributed by atoms with Crippen molar-refractivity contribution in [1.82, 2.24) is 45.6 Å². The van der Waals surface area contributed by atoms with Crippen molar-refractivity contribution in [1.29, 1.82) is 0 Å². The summed E-state index contributed by atoms with van der Waals surface area (Å²) >= 11 is 1.57. The maximum absolute atomic E-state index is 14.2. The fourth-order valence-electron chi connectivity index (χ4n) is 10.7. The minimum atomic E-state index is -2.70. The molecule has 4 aliphatic heterocycles. The van der Waals surface area contributed by atoms with Crippen LogP contribution in [-0.2, 0) is 25.7 Å². The van der Waals surface area contributed by atoms with Gasteiger partial charge in [-0.15, -0.1) is 11.3 Å². The van der Waals surface area contributed by atoms with Crippen molar-refractivity contribution in [2.24, 2.45) is 5.41 Å². The van der Waals surface area contributed by atoms with Gasteiger partial charge in [0.15, 0.2) is 11.5 Å². The van der Waals surface area contributed by atoms with Gasteiger partial charge in [0.05, 0.1) is 41.4 Å². The number of thiazole rings is 1. The first-order valence-electron chi connectivity index (χ1n) is 27.6. The number of amides is 4. The Morgan fingerprint density at radius 3 is 2.27 bits per heavy atom. The van der Waals surface area contributed by atoms with E-state index >= 15 is 0 Å². The van der Waals surface area contributed by atoms with Crippen LogP contribution >= 0.6 is 11.3 Å². The van der Waals surface area contributed by atoms with E-state index in [2.05, 4.69) is 36.1 Å². The maximum atomic E-state index is 14.2. The number of halogens is 2. The highest BCUT2D eigenvalue weighted by atomic mass is 32.1. The number of β-amino-alcohol motifs (C(OH)–C–C–N with tert-alkyl or cyclic N) is 1. The number of carbonyl (C=O) groups is 4. The number of ether oxygens (including phenoxy) is 2. The molecule has 3 atom stereocenters. The van der Waals surface area contributed by atoms with E-state index in [1.807, 2.05) is 74.5 Å². The number of aromatic nitrogens is 3. The molecule has 420 valence electrons. The normalized spacial score (nSPS) is 19.8. The van der Waals surface area contributed by atoms with Gasteiger partial charge in [-0.05, 0) is 94.1 Å². The van der Waals surface area contributed by atoms with Gasteiger partial charge >= 0.3 is 0 Å². The molecule has 4 aromatic rings. The lowest BCUT2D eigenvalue weighted by atomic mass is 9.85. The Kier molecular flexibility index (Phi) is 19.6. The highest BCUT2D eigenvalue weighted by molar-refractivity contribution is 7.13. The van der Waals surface area contributed by atoms with E-state index in [0.29, 0.717) is 48.4 Å². The third-order valence-corrected chi connectivity index (χ3v) is 16.2. The van der Waals surface area contributed by atoms with E-state index in [4.69, 9.17) is 19.4 Å². The van der Waals surface area contributed by atoms with Crippen molar-refractivity contribution in [3.05, 3.63) is 53.2 Å². The molecule has 4 aliphatic rings. The van der Waals surface area contributed by atoms with Gasteiger partial charge in [0.25, 0.3) is 5.92 Å². The maximum Gasteiger partial charge on any atom is 0.251 e. The number of rotatable bonds is 23. The monoisotopic (exact) mass is 1090 g/mol. The van der Waals surface area contributed by atoms with Crippen LogP contribution in [0.2, 0.25) is 0 Å². The summed E-state index contributed by atoms with van der Waals surface area (Å²) in [5, 5.41) is 23.9. The molecule has 2 aromatic heterocycles. The van der Waals surface area contributed by atoms with Crippen molar-refractivity contribution in [3.63, 3.8) is 0 Å². The summed E-state index contributed by atoms with van der Waals surface area (Å²) in [5.74, 6) is -1.82. The Hall–Kier alpha value is -5.77. The Balaban J connectivity index is 0.756. The highest BCUT2D eigenvalue weighted by Gasteiger charge is 2.44. The van der Waals surface area contributed by atoms with Crippen LogP contribution in [-0.4, -0.2) is 168 Å². The van der Waals surface area contributed by atoms with Crippen molar-refractivity contribution >= 4 is 57.6 Å². The number of nitrogens with zero attached hydrogens (tertiary/aromatic N) is 7. The van der Waals surface area contributed by atoms with Crippen LogP contribution in [0.4, 0.5) is 20.5 Å². The molecule has 2 aromatic carbocycles. The molecular weight excluding hydrogens is 1010 g/mol. The Morgan fingerprint density at radius 2 is 1.58 bits per heavy atom. The number of methoxy groups -OCH3 is 1. The van der Waals surface area contributed by atoms with E-state index in [1.54, 1.807) is 18.4 Å². The van der Waals surface area contributed by atoms with Gasteiger partial charge in [0.2, 0.25) is 29.6 Å². The molecule has 8 rings (SSSR count). The average Bonchev–Trinajstić information content (AvgIpc) is 4.20. The van der Waals surface area contributed by atoms with E-state index in [-0.39, 0.29) is 82.0 Å². The number of hydrogen-bond donors (Lipinski definition) is 5. The predicted molar refractivity (Wildman–Crippen MR) is 294 cm³/mol. The molecule has 0 saturated carbocycles. The van der Waals surface area contributed by atoms with Gasteiger partial charge < -0.3 is 55.4 Å². The molecule has 77 heavy (non-hydrogen) atoms. The van der Waals surface area contributed by atoms with Gasteiger partial charge in [-0.3, -0.25) is 19.2 Å². The molecule has 4 saturated heterocycles. The summed E-state index contributed by atoms with van der Waals surface area (Å²) in [7, 11) is 1.62. The minimum absolute atomic E-state index is 0.0249. The Morgan fingerprint density at radius 1 is 0.883 bits per heavy atom. The molecule has 0 aliphatic carbocycles. The average molecular weight is 1090 g/mol. The molecule has 4 amide bonds. The topological polar surface area (TPSA) is 207 Å². The zero-order valence-corrected chi connectivity index (χ0v) is 46.3. The van der Waals surface area contributed by atoms with Crippen LogP contribution < -0.4 is 35.6 Å². The first kappa shape index (κ1) is 57.4. The number of fused-ring (bicyclic) bond motifs is 1. The molecule has 0 spiro atoms. The molecule has 4 fully saturated rings. The van der Waals surface area contributed by atoms with E-state index in [0.717, 1.165) is 92.0 Å². The largest absolute Gasteiger partial charge is 0.493 e. The number of nitrogens with one attached hydrogen (secondary N) is 4. The van der Waals surface area contributed by atoms with Crippen LogP contribution in [0.25, 0.3) is 21.3 Å². The van der Waals surface area contributed by atoms with Gasteiger partial charge in [-0.25, -0.2) is 18.7 Å². The lowest BCUT2D eigenvalue weighted by Crippen LogP contribution is -2.57. The number of likely N-dealkylation sites (tertiary alicyclic amines) is 3. The van der Waals surface area contributed by atoms with Gasteiger partial charge in [0.1, 0.15) is 17.9 Å². The number of carbonyl (C=O) groups excluding carboxylic acids is 4. The fourth-order valence-corrected chi connectivity index (χ4v) is 11.5. The van der Waals surface area contributed by atoms with Crippen LogP contribution in [0.15, 0.2) is 41.9 Å². The predicted octanol–water partition coefficient (Wildman–Crippen LogP) is 6.53. The van der Waals surface area contributed by atoms with Crippen LogP contribution in [0, 0.1) is 12.3 Å². The summed E-state index contributed by atoms with van der Waals surface area (Å²) in [6, 6.07) is 9.89. The van der Waals surface area contributed by atoms with Crippen molar-refractivity contribution in [2.45, 2.75) is 141 Å². The molecule has 0 radical (unpaired) electrons. The second-order valence-electron chi connectivity index (χ2n) is 22.2. The third-order valence-electron chi connectivity index (χ3n) is 15.2. The summed E-state index contributed by atoms with van der Waals surface area (Å²) in [5.41, 5.74) is 4.64. The zero-order valence-electron chi connectivity index (χ0n) is 45.5. The second-order valence-corrected chi connectivity index (χ2v) is 23.1. The lowest BCUT2D eigenvalue weighted by molar-refractivity contribution is -0.144. The first-order valence-corrected chi connectivity index (χ1v) is 28.5. The Labute approximate surface area is 455 Å². The minimum Gasteiger partial charge on any atom is -0.493 e. The van der Waals surface area contributed by atoms with Gasteiger partial charge in [0, 0.05) is 102 Å². The number of benzene rings is 2. The third kappa shape index (κ3) is 15.7. The number of hydrogen-bond acceptors (Lipinski definition) is 15. The van der Waals surface area contributed by atoms with Gasteiger partial charge in [-0.1, -0.05) is 45.0 Å². The smallest absolute Gasteiger partial charge is 0.251 e. The summed E-state index contributed by atoms with van der Waals surface area (Å²) < 4.78 is 40.4. The van der Waals surface area contributed by atoms with E-state index < -0.39 is 35.4 Å². The molecule has 21 heteroatoms. The number of piperidine rings is 2. The number of aryl methyl sites for hydroxylation is 1. The van der Waals surface area contributed by atoms with Crippen LogP contribution in [0.5, 0.6) is 11.5 Å². The van der Waals surface area contributed by atoms with Crippen molar-refractivity contribution in [3.8, 4) is 21.9 Å². The van der Waals surface area contributed by atoms with Gasteiger partial charge in [-0.2, -0.15) is 4.98 Å². The quantitative estimate of drug-likeness (QED) is 0.0501. The fraction of sp³-hybridized carbons (Fsp3) is 0.625. The molecule has 18 nitrogen and oxygen atoms in total. The highest BCUT2D eigenvalue weighted by Crippen LogP contribution is 2.38. The number of alkyl halides is 2. The van der Waals surface area contributed by atoms with E-state index in [1.165, 1.54) is 17.7 Å². The summed E-state index contributed by atoms with van der Waals surface area (Å²) in [4.78, 5) is 77.0. The SMILES string of the molecule is COc1cc2c(NC3CCN(CCCNC(=O)CCCC(=O)N[C@H](C(=O)N4C[C@H](O)C[C@H]4C(=O)NCc4ccc(-c5scnc5C)cc4)C(C)(C)C)CC3)nc(N3CCC(F)(F)CC3)nc2cc1OCCCN1CCCC1. The molecule has 6 heterocycles. The molecule has 0 bridgehead atoms. The number of aliphatic hydroxyl groups is 1. The summed E-state index contributed by atoms with van der Waals surface area (Å²) in [6.45, 7) is 14.8. The van der Waals surface area contributed by atoms with Crippen molar-refractivity contribution < 1.29 is 42.5 Å². The first-order chi connectivity index (χ1) is 36.9. The van der Waals surface area contributed by atoms with Crippen LogP contribution in [0.1, 0.15) is 109 Å².